The van der Waals surface area contributed by atoms with Gasteiger partial charge in [0.15, 0.2) is 5.60 Å². The van der Waals surface area contributed by atoms with Crippen molar-refractivity contribution in [3.63, 3.8) is 0 Å². The van der Waals surface area contributed by atoms with Crippen LogP contribution in [-0.2, 0) is 24.0 Å². The minimum absolute atomic E-state index is 0.123. The Labute approximate surface area is 118 Å². The van der Waals surface area contributed by atoms with Crippen LogP contribution in [0.15, 0.2) is 0 Å². The van der Waals surface area contributed by atoms with Crippen LogP contribution < -0.4 is 0 Å². The van der Waals surface area contributed by atoms with Crippen molar-refractivity contribution in [1.82, 2.24) is 0 Å². The summed E-state index contributed by atoms with van der Waals surface area (Å²) in [4.78, 5) is 23.7. The molecule has 0 N–H and O–H groups in total. The molecule has 0 aromatic carbocycles. The lowest BCUT2D eigenvalue weighted by Crippen LogP contribution is -2.69. The van der Waals surface area contributed by atoms with Crippen molar-refractivity contribution in [2.45, 2.75) is 64.1 Å². The van der Waals surface area contributed by atoms with Gasteiger partial charge in [0.2, 0.25) is 12.1 Å². The average molecular weight is 282 g/mol. The number of hydrogen-bond acceptors (Lipinski definition) is 5. The van der Waals surface area contributed by atoms with Crippen LogP contribution in [0.2, 0.25) is 0 Å². The molecular weight excluding hydrogens is 260 g/mol. The Morgan fingerprint density at radius 3 is 2.70 bits per heavy atom. The first-order valence-electron chi connectivity index (χ1n) is 7.71. The van der Waals surface area contributed by atoms with Crippen molar-refractivity contribution in [1.29, 1.82) is 0 Å². The summed E-state index contributed by atoms with van der Waals surface area (Å²) in [6, 6.07) is 0. The third kappa shape index (κ3) is 1.46. The molecule has 4 aliphatic heterocycles. The largest absolute Gasteiger partial charge is 0.432 e. The fourth-order valence-corrected chi connectivity index (χ4v) is 4.76. The molecular formula is C15H22O5. The molecule has 0 amide bonds. The van der Waals surface area contributed by atoms with E-state index in [9.17, 15) is 4.79 Å². The molecule has 1 aliphatic carbocycles. The normalized spacial score (nSPS) is 57.8. The first-order chi connectivity index (χ1) is 9.46. The Bertz CT molecular complexity index is 452. The average Bonchev–Trinajstić information content (AvgIpc) is 2.63. The standard InChI is InChI=1S/C15H22O5/c1-8-4-5-11-9(2)12(16)17-13-15(11)10(8)6-7-14(3,18-13)19-20-15/h8-11,13H,4-7H2,1-3H3/t8-,9-,10+,11+,13-,14-,15+/m0/s1. The van der Waals surface area contributed by atoms with Gasteiger partial charge < -0.3 is 9.47 Å². The van der Waals surface area contributed by atoms with Gasteiger partial charge in [-0.25, -0.2) is 9.78 Å². The van der Waals surface area contributed by atoms with Gasteiger partial charge in [-0.1, -0.05) is 13.8 Å². The van der Waals surface area contributed by atoms with Crippen LogP contribution in [0, 0.1) is 23.7 Å². The zero-order valence-electron chi connectivity index (χ0n) is 12.3. The van der Waals surface area contributed by atoms with Gasteiger partial charge in [0.1, 0.15) is 0 Å². The number of carbonyl (C=O) groups is 1. The number of esters is 1. The van der Waals surface area contributed by atoms with E-state index in [0.717, 1.165) is 25.7 Å². The Kier molecular flexibility index (Phi) is 2.58. The molecule has 5 nitrogen and oxygen atoms in total. The molecule has 0 aromatic heterocycles. The van der Waals surface area contributed by atoms with Gasteiger partial charge in [-0.05, 0) is 32.1 Å². The molecule has 0 unspecified atom stereocenters. The molecule has 5 aliphatic rings. The topological polar surface area (TPSA) is 54.0 Å². The van der Waals surface area contributed by atoms with E-state index in [1.54, 1.807) is 0 Å². The SMILES string of the molecule is C[C@@H]1C(=O)O[C@H]2O[C@]3(C)CC[C@@H]4[C@@H](C)CC[C@H]1[C@@]24OO3. The number of carbonyl (C=O) groups excluding carboxylic acids is 1. The molecule has 0 aromatic rings. The lowest BCUT2D eigenvalue weighted by atomic mass is 9.58. The highest BCUT2D eigenvalue weighted by Gasteiger charge is 2.69. The van der Waals surface area contributed by atoms with Crippen molar-refractivity contribution in [3.8, 4) is 0 Å². The highest BCUT2D eigenvalue weighted by atomic mass is 17.3. The second-order valence-electron chi connectivity index (χ2n) is 7.14. The summed E-state index contributed by atoms with van der Waals surface area (Å²) in [6.45, 7) is 6.06. The van der Waals surface area contributed by atoms with Crippen LogP contribution in [0.3, 0.4) is 0 Å². The summed E-state index contributed by atoms with van der Waals surface area (Å²) in [5.74, 6) is -0.137. The third-order valence-corrected chi connectivity index (χ3v) is 5.97. The molecule has 7 atom stereocenters. The molecule has 5 rings (SSSR count). The lowest BCUT2D eigenvalue weighted by Gasteiger charge is -2.57. The van der Waals surface area contributed by atoms with Gasteiger partial charge in [-0.15, -0.1) is 0 Å². The molecule has 4 saturated heterocycles. The summed E-state index contributed by atoms with van der Waals surface area (Å²) in [5, 5.41) is 0. The van der Waals surface area contributed by atoms with Crippen LogP contribution in [0.5, 0.6) is 0 Å². The number of hydrogen-bond donors (Lipinski definition) is 0. The smallest absolute Gasteiger partial charge is 0.311 e. The predicted molar refractivity (Wildman–Crippen MR) is 68.0 cm³/mol. The summed E-state index contributed by atoms with van der Waals surface area (Å²) >= 11 is 0. The summed E-state index contributed by atoms with van der Waals surface area (Å²) < 4.78 is 11.6. The quantitative estimate of drug-likeness (QED) is 0.504. The highest BCUT2D eigenvalue weighted by molar-refractivity contribution is 5.74. The molecule has 4 heterocycles. The van der Waals surface area contributed by atoms with Gasteiger partial charge in [0.05, 0.1) is 5.92 Å². The monoisotopic (exact) mass is 282 g/mol. The van der Waals surface area contributed by atoms with E-state index in [-0.39, 0.29) is 17.8 Å². The van der Waals surface area contributed by atoms with Gasteiger partial charge in [-0.2, -0.15) is 0 Å². The van der Waals surface area contributed by atoms with Crippen molar-refractivity contribution in [3.05, 3.63) is 0 Å². The summed E-state index contributed by atoms with van der Waals surface area (Å²) in [7, 11) is 0. The van der Waals surface area contributed by atoms with Crippen molar-refractivity contribution in [2.24, 2.45) is 23.7 Å². The van der Waals surface area contributed by atoms with Crippen molar-refractivity contribution in [2.75, 3.05) is 0 Å². The molecule has 5 heteroatoms. The van der Waals surface area contributed by atoms with E-state index in [1.165, 1.54) is 0 Å². The van der Waals surface area contributed by atoms with E-state index in [2.05, 4.69) is 6.92 Å². The molecule has 20 heavy (non-hydrogen) atoms. The van der Waals surface area contributed by atoms with E-state index in [0.29, 0.717) is 11.8 Å². The molecule has 2 bridgehead atoms. The van der Waals surface area contributed by atoms with Crippen LogP contribution in [0.1, 0.15) is 46.5 Å². The van der Waals surface area contributed by atoms with Crippen LogP contribution in [0.25, 0.3) is 0 Å². The second kappa shape index (κ2) is 3.96. The molecule has 5 fully saturated rings. The van der Waals surface area contributed by atoms with Gasteiger partial charge in [-0.3, -0.25) is 4.79 Å². The summed E-state index contributed by atoms with van der Waals surface area (Å²) in [5.41, 5.74) is -0.610. The molecule has 0 radical (unpaired) electrons. The summed E-state index contributed by atoms with van der Waals surface area (Å²) in [6.07, 6.45) is 3.24. The maximum atomic E-state index is 12.1. The zero-order chi connectivity index (χ0) is 14.1. The van der Waals surface area contributed by atoms with E-state index < -0.39 is 17.7 Å². The Morgan fingerprint density at radius 1 is 1.10 bits per heavy atom. The first kappa shape index (κ1) is 13.0. The Balaban J connectivity index is 1.84. The van der Waals surface area contributed by atoms with Crippen LogP contribution >= 0.6 is 0 Å². The fourth-order valence-electron chi connectivity index (χ4n) is 4.76. The predicted octanol–water partition coefficient (Wildman–Crippen LogP) is 2.39. The van der Waals surface area contributed by atoms with E-state index in [1.807, 2.05) is 13.8 Å². The first-order valence-corrected chi connectivity index (χ1v) is 7.71. The third-order valence-electron chi connectivity index (χ3n) is 5.97. The maximum absolute atomic E-state index is 12.1. The highest BCUT2D eigenvalue weighted by Crippen LogP contribution is 2.59. The van der Waals surface area contributed by atoms with E-state index in [4.69, 9.17) is 19.2 Å². The minimum Gasteiger partial charge on any atom is -0.432 e. The van der Waals surface area contributed by atoms with Crippen LogP contribution in [-0.4, -0.2) is 23.6 Å². The molecule has 1 spiro atoms. The number of ether oxygens (including phenoxy) is 2. The van der Waals surface area contributed by atoms with Crippen molar-refractivity contribution >= 4 is 5.97 Å². The zero-order valence-corrected chi connectivity index (χ0v) is 12.3. The maximum Gasteiger partial charge on any atom is 0.311 e. The fraction of sp³-hybridized carbons (Fsp3) is 0.933. The molecule has 112 valence electrons. The van der Waals surface area contributed by atoms with Crippen molar-refractivity contribution < 1.29 is 24.0 Å². The van der Waals surface area contributed by atoms with E-state index >= 15 is 0 Å². The number of fused-ring (bicyclic) bond motifs is 2. The van der Waals surface area contributed by atoms with Crippen LogP contribution in [0.4, 0.5) is 0 Å². The number of rotatable bonds is 0. The van der Waals surface area contributed by atoms with Gasteiger partial charge in [0, 0.05) is 18.3 Å². The van der Waals surface area contributed by atoms with Gasteiger partial charge >= 0.3 is 5.97 Å². The second-order valence-corrected chi connectivity index (χ2v) is 7.14. The lowest BCUT2D eigenvalue weighted by molar-refractivity contribution is -0.559. The Morgan fingerprint density at radius 2 is 1.90 bits per heavy atom. The minimum atomic E-state index is -0.793. The Hall–Kier alpha value is -0.650. The molecule has 1 saturated carbocycles. The van der Waals surface area contributed by atoms with Gasteiger partial charge in [0.25, 0.3) is 0 Å².